The van der Waals surface area contributed by atoms with E-state index in [4.69, 9.17) is 9.47 Å². The summed E-state index contributed by atoms with van der Waals surface area (Å²) in [5.74, 6) is -0.691. The fourth-order valence-electron chi connectivity index (χ4n) is 6.69. The third-order valence-electron chi connectivity index (χ3n) is 7.91. The number of ether oxygens (including phenoxy) is 2. The Hall–Kier alpha value is -0.870. The first-order chi connectivity index (χ1) is 11.3. The first kappa shape index (κ1) is 16.6. The Bertz CT molecular complexity index is 586. The highest BCUT2D eigenvalue weighted by molar-refractivity contribution is 5.80. The molecule has 1 saturated heterocycles. The number of carboxylic acids is 1. The van der Waals surface area contributed by atoms with E-state index in [1.807, 2.05) is 0 Å². The van der Waals surface area contributed by atoms with E-state index in [0.717, 1.165) is 44.9 Å². The Balaban J connectivity index is 1.79. The van der Waals surface area contributed by atoms with Crippen LogP contribution >= 0.6 is 0 Å². The fraction of sp³-hybridized carbons (Fsp3) is 0.850. The van der Waals surface area contributed by atoms with Crippen LogP contribution in [-0.4, -0.2) is 30.1 Å². The van der Waals surface area contributed by atoms with Gasteiger partial charge in [0.15, 0.2) is 5.79 Å². The highest BCUT2D eigenvalue weighted by atomic mass is 16.7. The molecule has 24 heavy (non-hydrogen) atoms. The third-order valence-corrected chi connectivity index (χ3v) is 7.91. The SMILES string of the molecule is CC12CCC3(OCCO3)C(C)(C)[C@@H]1CC[C@@]1(C(=O)O)CCCC=C21. The summed E-state index contributed by atoms with van der Waals surface area (Å²) in [6.45, 7) is 8.22. The molecule has 2 saturated carbocycles. The first-order valence-electron chi connectivity index (χ1n) is 9.51. The predicted octanol–water partition coefficient (Wildman–Crippen LogP) is 4.15. The zero-order valence-corrected chi connectivity index (χ0v) is 15.2. The number of fused-ring (bicyclic) bond motifs is 3. The first-order valence-corrected chi connectivity index (χ1v) is 9.51. The molecule has 0 bridgehead atoms. The van der Waals surface area contributed by atoms with Gasteiger partial charge in [0, 0.05) is 11.8 Å². The number of carboxylic acid groups (broad SMARTS) is 1. The zero-order chi connectivity index (χ0) is 17.2. The lowest BCUT2D eigenvalue weighted by Crippen LogP contribution is -2.62. The van der Waals surface area contributed by atoms with Crippen molar-refractivity contribution < 1.29 is 19.4 Å². The lowest BCUT2D eigenvalue weighted by atomic mass is 9.42. The second-order valence-corrected chi connectivity index (χ2v) is 9.08. The van der Waals surface area contributed by atoms with Crippen molar-refractivity contribution in [3.05, 3.63) is 11.6 Å². The molecule has 0 aromatic heterocycles. The smallest absolute Gasteiger partial charge is 0.313 e. The zero-order valence-electron chi connectivity index (χ0n) is 15.2. The molecule has 0 aromatic carbocycles. The highest BCUT2D eigenvalue weighted by Crippen LogP contribution is 2.69. The molecule has 1 heterocycles. The molecule has 3 atom stereocenters. The molecule has 1 spiro atoms. The minimum atomic E-state index is -0.624. The van der Waals surface area contributed by atoms with E-state index < -0.39 is 17.2 Å². The third kappa shape index (κ3) is 1.84. The molecular weight excluding hydrogens is 304 g/mol. The Labute approximate surface area is 144 Å². The Morgan fingerprint density at radius 1 is 1.12 bits per heavy atom. The van der Waals surface area contributed by atoms with Crippen LogP contribution in [0.15, 0.2) is 11.6 Å². The van der Waals surface area contributed by atoms with Crippen molar-refractivity contribution >= 4 is 5.97 Å². The Morgan fingerprint density at radius 2 is 1.83 bits per heavy atom. The van der Waals surface area contributed by atoms with Gasteiger partial charge in [-0.1, -0.05) is 32.4 Å². The van der Waals surface area contributed by atoms with Gasteiger partial charge < -0.3 is 14.6 Å². The van der Waals surface area contributed by atoms with Gasteiger partial charge in [-0.3, -0.25) is 4.79 Å². The molecule has 0 radical (unpaired) electrons. The van der Waals surface area contributed by atoms with Crippen LogP contribution in [0.5, 0.6) is 0 Å². The molecule has 4 rings (SSSR count). The van der Waals surface area contributed by atoms with Crippen molar-refractivity contribution in [3.8, 4) is 0 Å². The van der Waals surface area contributed by atoms with Crippen molar-refractivity contribution in [2.45, 2.75) is 71.5 Å². The monoisotopic (exact) mass is 334 g/mol. The maximum atomic E-state index is 12.2. The summed E-state index contributed by atoms with van der Waals surface area (Å²) < 4.78 is 12.3. The van der Waals surface area contributed by atoms with Crippen LogP contribution in [0, 0.1) is 22.2 Å². The average molecular weight is 334 g/mol. The topological polar surface area (TPSA) is 55.8 Å². The van der Waals surface area contributed by atoms with E-state index in [-0.39, 0.29) is 10.8 Å². The molecule has 4 heteroatoms. The summed E-state index contributed by atoms with van der Waals surface area (Å²) in [6.07, 6.45) is 8.61. The van der Waals surface area contributed by atoms with Gasteiger partial charge in [-0.05, 0) is 49.9 Å². The number of carbonyl (C=O) groups is 1. The molecule has 3 fully saturated rings. The van der Waals surface area contributed by atoms with Gasteiger partial charge >= 0.3 is 5.97 Å². The van der Waals surface area contributed by atoms with Crippen LogP contribution in [0.3, 0.4) is 0 Å². The molecule has 4 aliphatic rings. The summed E-state index contributed by atoms with van der Waals surface area (Å²) in [5.41, 5.74) is 0.424. The normalized spacial score (nSPS) is 43.0. The van der Waals surface area contributed by atoms with Gasteiger partial charge in [0.1, 0.15) is 0 Å². The molecular formula is C20H30O4. The van der Waals surface area contributed by atoms with Crippen LogP contribution in [0.2, 0.25) is 0 Å². The Kier molecular flexibility index (Phi) is 3.51. The summed E-state index contributed by atoms with van der Waals surface area (Å²) in [5, 5.41) is 10.1. The van der Waals surface area contributed by atoms with Crippen LogP contribution in [0.4, 0.5) is 0 Å². The van der Waals surface area contributed by atoms with Crippen molar-refractivity contribution in [3.63, 3.8) is 0 Å². The minimum absolute atomic E-state index is 0.0544. The van der Waals surface area contributed by atoms with Crippen molar-refractivity contribution in [2.24, 2.45) is 22.2 Å². The molecule has 4 nitrogen and oxygen atoms in total. The number of hydrogen-bond acceptors (Lipinski definition) is 3. The van der Waals surface area contributed by atoms with Gasteiger partial charge in [-0.2, -0.15) is 0 Å². The van der Waals surface area contributed by atoms with Crippen LogP contribution in [-0.2, 0) is 14.3 Å². The summed E-state index contributed by atoms with van der Waals surface area (Å²) in [4.78, 5) is 12.2. The standard InChI is InChI=1S/C20H30O4/c1-17(2)14-7-9-19(16(21)22)8-5-4-6-15(19)18(14,3)10-11-20(17)23-12-13-24-20/h6,14H,4-5,7-13H2,1-3H3,(H,21,22)/t14-,18?,19-/m0/s1. The lowest BCUT2D eigenvalue weighted by molar-refractivity contribution is -0.285. The largest absolute Gasteiger partial charge is 0.481 e. The molecule has 1 aliphatic heterocycles. The summed E-state index contributed by atoms with van der Waals surface area (Å²) in [6, 6.07) is 0. The molecule has 134 valence electrons. The van der Waals surface area contributed by atoms with E-state index in [0.29, 0.717) is 19.1 Å². The lowest BCUT2D eigenvalue weighted by Gasteiger charge is -2.63. The molecule has 3 aliphatic carbocycles. The van der Waals surface area contributed by atoms with Crippen molar-refractivity contribution in [1.29, 1.82) is 0 Å². The maximum Gasteiger partial charge on any atom is 0.313 e. The van der Waals surface area contributed by atoms with E-state index in [1.165, 1.54) is 5.57 Å². The van der Waals surface area contributed by atoms with Crippen molar-refractivity contribution in [2.75, 3.05) is 13.2 Å². The number of aliphatic carboxylic acids is 1. The van der Waals surface area contributed by atoms with Gasteiger partial charge in [0.05, 0.1) is 18.6 Å². The number of allylic oxidation sites excluding steroid dienone is 1. The summed E-state index contributed by atoms with van der Waals surface area (Å²) in [7, 11) is 0. The van der Waals surface area contributed by atoms with E-state index >= 15 is 0 Å². The van der Waals surface area contributed by atoms with E-state index in [1.54, 1.807) is 0 Å². The van der Waals surface area contributed by atoms with Crippen LogP contribution in [0.1, 0.15) is 65.7 Å². The minimum Gasteiger partial charge on any atom is -0.481 e. The number of hydrogen-bond donors (Lipinski definition) is 1. The van der Waals surface area contributed by atoms with Crippen LogP contribution < -0.4 is 0 Å². The quantitative estimate of drug-likeness (QED) is 0.732. The predicted molar refractivity (Wildman–Crippen MR) is 90.5 cm³/mol. The average Bonchev–Trinajstić information content (AvgIpc) is 3.02. The van der Waals surface area contributed by atoms with Gasteiger partial charge in [0.2, 0.25) is 0 Å². The highest BCUT2D eigenvalue weighted by Gasteiger charge is 2.67. The second-order valence-electron chi connectivity index (χ2n) is 9.08. The van der Waals surface area contributed by atoms with E-state index in [2.05, 4.69) is 26.8 Å². The van der Waals surface area contributed by atoms with Gasteiger partial charge in [0.25, 0.3) is 0 Å². The van der Waals surface area contributed by atoms with Crippen molar-refractivity contribution in [1.82, 2.24) is 0 Å². The second kappa shape index (κ2) is 5.07. The fourth-order valence-corrected chi connectivity index (χ4v) is 6.69. The maximum absolute atomic E-state index is 12.2. The summed E-state index contributed by atoms with van der Waals surface area (Å²) >= 11 is 0. The molecule has 1 N–H and O–H groups in total. The van der Waals surface area contributed by atoms with Gasteiger partial charge in [-0.15, -0.1) is 0 Å². The van der Waals surface area contributed by atoms with Crippen LogP contribution in [0.25, 0.3) is 0 Å². The number of rotatable bonds is 1. The molecule has 0 amide bonds. The molecule has 0 aromatic rings. The molecule has 1 unspecified atom stereocenters. The van der Waals surface area contributed by atoms with Gasteiger partial charge in [-0.25, -0.2) is 0 Å². The Morgan fingerprint density at radius 3 is 2.50 bits per heavy atom. The van der Waals surface area contributed by atoms with E-state index in [9.17, 15) is 9.90 Å².